The van der Waals surface area contributed by atoms with E-state index in [0.29, 0.717) is 69.2 Å². The number of pyridine rings is 2. The van der Waals surface area contributed by atoms with Crippen LogP contribution in [0.3, 0.4) is 0 Å². The predicted molar refractivity (Wildman–Crippen MR) is 139 cm³/mol. The van der Waals surface area contributed by atoms with E-state index in [1.54, 1.807) is 24.3 Å². The van der Waals surface area contributed by atoms with Crippen LogP contribution in [-0.2, 0) is 6.61 Å². The first-order valence-electron chi connectivity index (χ1n) is 11.3. The number of rotatable bonds is 8. The monoisotopic (exact) mass is 487 g/mol. The second-order valence-corrected chi connectivity index (χ2v) is 8.71. The summed E-state index contributed by atoms with van der Waals surface area (Å²) in [4.78, 5) is 8.85. The molecule has 0 saturated heterocycles. The van der Waals surface area contributed by atoms with Crippen LogP contribution in [0.2, 0.25) is 5.02 Å². The number of aromatic nitrogens is 2. The molecule has 2 aromatic heterocycles. The Morgan fingerprint density at radius 2 is 1.89 bits per heavy atom. The van der Waals surface area contributed by atoms with Gasteiger partial charge in [-0.2, -0.15) is 5.26 Å². The number of hydrogen-bond donors (Lipinski definition) is 2. The van der Waals surface area contributed by atoms with E-state index in [0.717, 1.165) is 11.3 Å². The number of anilines is 3. The third-order valence-electron chi connectivity index (χ3n) is 5.45. The van der Waals surface area contributed by atoms with Crippen molar-refractivity contribution in [2.45, 2.75) is 33.3 Å². The first kappa shape index (κ1) is 24.1. The standard InChI is InChI=1S/C27H26ClN5O2/c1-4-34-26-11-24-20(10-22(26)30)27(18(12-29)14-32-24)33-19-6-8-25(21(28)9-19)35-15-17-5-7-23(16(2)3)31-13-17/h5-11,13-14,16H,4,15,30H2,1-3H3,(H,32,33). The quantitative estimate of drug-likeness (QED) is 0.270. The highest BCUT2D eigenvalue weighted by molar-refractivity contribution is 6.32. The van der Waals surface area contributed by atoms with Crippen molar-refractivity contribution in [3.8, 4) is 17.6 Å². The SMILES string of the molecule is CCOc1cc2ncc(C#N)c(Nc3ccc(OCc4ccc(C(C)C)nc4)c(Cl)c3)c2cc1N. The number of fused-ring (bicyclic) bond motifs is 1. The Morgan fingerprint density at radius 1 is 1.06 bits per heavy atom. The maximum absolute atomic E-state index is 9.65. The molecule has 2 heterocycles. The van der Waals surface area contributed by atoms with Crippen molar-refractivity contribution in [3.05, 3.63) is 76.7 Å². The maximum atomic E-state index is 9.65. The van der Waals surface area contributed by atoms with Crippen molar-refractivity contribution in [2.24, 2.45) is 0 Å². The molecule has 2 aromatic carbocycles. The van der Waals surface area contributed by atoms with E-state index in [1.807, 2.05) is 31.3 Å². The Balaban J connectivity index is 1.56. The van der Waals surface area contributed by atoms with Gasteiger partial charge in [-0.05, 0) is 43.2 Å². The number of ether oxygens (including phenoxy) is 2. The Hall–Kier alpha value is -4.02. The maximum Gasteiger partial charge on any atom is 0.144 e. The minimum Gasteiger partial charge on any atom is -0.492 e. The third kappa shape index (κ3) is 5.39. The van der Waals surface area contributed by atoms with Crippen molar-refractivity contribution < 1.29 is 9.47 Å². The smallest absolute Gasteiger partial charge is 0.144 e. The van der Waals surface area contributed by atoms with Crippen molar-refractivity contribution in [1.29, 1.82) is 5.26 Å². The molecule has 4 rings (SSSR count). The number of nitrogens with zero attached hydrogens (tertiary/aromatic N) is 3. The van der Waals surface area contributed by atoms with Gasteiger partial charge in [-0.15, -0.1) is 0 Å². The minimum absolute atomic E-state index is 0.354. The van der Waals surface area contributed by atoms with Gasteiger partial charge in [0.2, 0.25) is 0 Å². The molecule has 0 aliphatic heterocycles. The molecule has 0 fully saturated rings. The topological polar surface area (TPSA) is 106 Å². The van der Waals surface area contributed by atoms with E-state index in [-0.39, 0.29) is 0 Å². The number of halogens is 1. The van der Waals surface area contributed by atoms with E-state index in [4.69, 9.17) is 26.8 Å². The highest BCUT2D eigenvalue weighted by Gasteiger charge is 2.14. The molecular weight excluding hydrogens is 462 g/mol. The van der Waals surface area contributed by atoms with Crippen LogP contribution in [0.25, 0.3) is 10.9 Å². The fraction of sp³-hybridized carbons (Fsp3) is 0.222. The van der Waals surface area contributed by atoms with Gasteiger partial charge >= 0.3 is 0 Å². The molecule has 0 aliphatic rings. The van der Waals surface area contributed by atoms with Crippen molar-refractivity contribution in [3.63, 3.8) is 0 Å². The summed E-state index contributed by atoms with van der Waals surface area (Å²) in [5.41, 5.74) is 11.0. The molecule has 7 nitrogen and oxygen atoms in total. The van der Waals surface area contributed by atoms with Gasteiger partial charge in [-0.1, -0.05) is 31.5 Å². The van der Waals surface area contributed by atoms with E-state index < -0.39 is 0 Å². The van der Waals surface area contributed by atoms with Crippen LogP contribution in [0.15, 0.2) is 54.9 Å². The molecule has 0 saturated carbocycles. The van der Waals surface area contributed by atoms with Gasteiger partial charge in [0, 0.05) is 40.8 Å². The molecule has 0 aliphatic carbocycles. The molecule has 0 spiro atoms. The lowest BCUT2D eigenvalue weighted by Gasteiger charge is -2.15. The summed E-state index contributed by atoms with van der Waals surface area (Å²) >= 11 is 6.51. The molecule has 0 atom stereocenters. The lowest BCUT2D eigenvalue weighted by atomic mass is 10.1. The zero-order valence-corrected chi connectivity index (χ0v) is 20.6. The highest BCUT2D eigenvalue weighted by atomic mass is 35.5. The number of hydrogen-bond acceptors (Lipinski definition) is 7. The summed E-state index contributed by atoms with van der Waals surface area (Å²) in [5.74, 6) is 1.49. The predicted octanol–water partition coefficient (Wildman–Crippen LogP) is 6.58. The van der Waals surface area contributed by atoms with E-state index in [1.165, 1.54) is 6.20 Å². The van der Waals surface area contributed by atoms with Crippen LogP contribution < -0.4 is 20.5 Å². The van der Waals surface area contributed by atoms with E-state index in [2.05, 4.69) is 35.2 Å². The molecule has 178 valence electrons. The number of nitriles is 1. The van der Waals surface area contributed by atoms with Crippen LogP contribution in [0.4, 0.5) is 17.1 Å². The van der Waals surface area contributed by atoms with Gasteiger partial charge in [0.25, 0.3) is 0 Å². The first-order valence-corrected chi connectivity index (χ1v) is 11.7. The third-order valence-corrected chi connectivity index (χ3v) is 5.75. The lowest BCUT2D eigenvalue weighted by molar-refractivity contribution is 0.306. The van der Waals surface area contributed by atoms with Gasteiger partial charge in [-0.25, -0.2) is 0 Å². The Morgan fingerprint density at radius 3 is 2.54 bits per heavy atom. The van der Waals surface area contributed by atoms with Gasteiger partial charge in [-0.3, -0.25) is 9.97 Å². The van der Waals surface area contributed by atoms with Crippen molar-refractivity contribution >= 4 is 39.6 Å². The summed E-state index contributed by atoms with van der Waals surface area (Å²) < 4.78 is 11.5. The number of benzene rings is 2. The van der Waals surface area contributed by atoms with Crippen LogP contribution in [0, 0.1) is 11.3 Å². The Bertz CT molecular complexity index is 1400. The van der Waals surface area contributed by atoms with Crippen LogP contribution in [0.5, 0.6) is 11.5 Å². The molecule has 3 N–H and O–H groups in total. The molecule has 0 unspecified atom stereocenters. The fourth-order valence-corrected chi connectivity index (χ4v) is 3.84. The second kappa shape index (κ2) is 10.5. The molecule has 8 heteroatoms. The molecule has 0 amide bonds. The fourth-order valence-electron chi connectivity index (χ4n) is 3.60. The average molecular weight is 488 g/mol. The normalized spacial score (nSPS) is 10.9. The number of nitrogens with one attached hydrogen (secondary N) is 1. The zero-order valence-electron chi connectivity index (χ0n) is 19.8. The highest BCUT2D eigenvalue weighted by Crippen LogP contribution is 2.36. The lowest BCUT2D eigenvalue weighted by Crippen LogP contribution is -2.01. The molecule has 0 bridgehead atoms. The number of nitrogen functional groups attached to an aromatic ring is 1. The van der Waals surface area contributed by atoms with Crippen LogP contribution >= 0.6 is 11.6 Å². The van der Waals surface area contributed by atoms with Crippen molar-refractivity contribution in [1.82, 2.24) is 9.97 Å². The second-order valence-electron chi connectivity index (χ2n) is 8.30. The van der Waals surface area contributed by atoms with Gasteiger partial charge in [0.15, 0.2) is 0 Å². The Kier molecular flexibility index (Phi) is 7.23. The molecule has 35 heavy (non-hydrogen) atoms. The summed E-state index contributed by atoms with van der Waals surface area (Å²) in [6, 6.07) is 15.1. The van der Waals surface area contributed by atoms with Gasteiger partial charge < -0.3 is 20.5 Å². The Labute approximate surface area is 209 Å². The van der Waals surface area contributed by atoms with Crippen LogP contribution in [-0.4, -0.2) is 16.6 Å². The molecule has 4 aromatic rings. The first-order chi connectivity index (χ1) is 16.9. The van der Waals surface area contributed by atoms with Crippen LogP contribution in [0.1, 0.15) is 43.5 Å². The zero-order chi connectivity index (χ0) is 24.9. The van der Waals surface area contributed by atoms with Crippen molar-refractivity contribution in [2.75, 3.05) is 17.7 Å². The summed E-state index contributed by atoms with van der Waals surface area (Å²) in [6.45, 7) is 6.94. The van der Waals surface area contributed by atoms with E-state index in [9.17, 15) is 5.26 Å². The minimum atomic E-state index is 0.354. The van der Waals surface area contributed by atoms with Gasteiger partial charge in [0.1, 0.15) is 24.2 Å². The summed E-state index contributed by atoms with van der Waals surface area (Å²) in [7, 11) is 0. The summed E-state index contributed by atoms with van der Waals surface area (Å²) in [6.07, 6.45) is 3.34. The van der Waals surface area contributed by atoms with E-state index >= 15 is 0 Å². The largest absolute Gasteiger partial charge is 0.492 e. The van der Waals surface area contributed by atoms with Gasteiger partial charge in [0.05, 0.1) is 34.1 Å². The number of nitrogens with two attached hydrogens (primary N) is 1. The molecular formula is C27H26ClN5O2. The average Bonchev–Trinajstić information content (AvgIpc) is 2.85. The summed E-state index contributed by atoms with van der Waals surface area (Å²) in [5, 5.41) is 14.1. The molecule has 0 radical (unpaired) electrons.